The molecule has 1 aromatic rings. The van der Waals surface area contributed by atoms with Gasteiger partial charge < -0.3 is 0 Å². The van der Waals surface area contributed by atoms with Crippen LogP contribution in [-0.4, -0.2) is 35.0 Å². The maximum atomic E-state index is 12.7. The molecule has 0 radical (unpaired) electrons. The molecule has 0 N–H and O–H groups in total. The smallest absolute Gasteiger partial charge is 0.283 e. The lowest BCUT2D eigenvalue weighted by Crippen LogP contribution is -2.31. The fourth-order valence-electron chi connectivity index (χ4n) is 2.51. The minimum absolute atomic E-state index is 0.471. The summed E-state index contributed by atoms with van der Waals surface area (Å²) in [5.41, 5.74) is 3.52. The highest BCUT2D eigenvalue weighted by molar-refractivity contribution is 8.13. The Morgan fingerprint density at radius 3 is 2.04 bits per heavy atom. The van der Waals surface area contributed by atoms with Gasteiger partial charge in [-0.2, -0.15) is 5.10 Å². The first-order valence-corrected chi connectivity index (χ1v) is 9.18. The summed E-state index contributed by atoms with van der Waals surface area (Å²) < 4.78 is 0. The van der Waals surface area contributed by atoms with Crippen LogP contribution in [0.5, 0.6) is 0 Å². The minimum atomic E-state index is -0.585. The lowest BCUT2D eigenvalue weighted by Gasteiger charge is -2.16. The SMILES string of the molecule is CCC(=NN(C)C(=O)C(=O)c1c(CC)cc(C)cc1CC)SC. The maximum Gasteiger partial charge on any atom is 0.314 e. The van der Waals surface area contributed by atoms with Crippen LogP contribution in [-0.2, 0) is 17.6 Å². The van der Waals surface area contributed by atoms with E-state index in [1.54, 1.807) is 0 Å². The Hall–Kier alpha value is -1.62. The average Bonchev–Trinajstić information content (AvgIpc) is 2.56. The third-order valence-corrected chi connectivity index (χ3v) is 4.56. The van der Waals surface area contributed by atoms with Crippen LogP contribution in [0.3, 0.4) is 0 Å². The Morgan fingerprint density at radius 2 is 1.65 bits per heavy atom. The summed E-state index contributed by atoms with van der Waals surface area (Å²) >= 11 is 1.49. The molecule has 0 aliphatic rings. The van der Waals surface area contributed by atoms with Crippen LogP contribution in [0.4, 0.5) is 0 Å². The molecule has 1 aromatic carbocycles. The zero-order valence-electron chi connectivity index (χ0n) is 14.9. The van der Waals surface area contributed by atoms with Gasteiger partial charge >= 0.3 is 5.91 Å². The van der Waals surface area contributed by atoms with E-state index in [0.717, 1.165) is 46.0 Å². The number of thioether (sulfide) groups is 1. The third kappa shape index (κ3) is 4.67. The molecule has 0 heterocycles. The molecule has 5 heteroatoms. The van der Waals surface area contributed by atoms with E-state index in [0.29, 0.717) is 5.56 Å². The molecule has 0 saturated carbocycles. The van der Waals surface area contributed by atoms with E-state index in [1.165, 1.54) is 18.8 Å². The molecule has 0 aliphatic heterocycles. The normalized spacial score (nSPS) is 11.5. The highest BCUT2D eigenvalue weighted by atomic mass is 32.2. The number of ketones is 1. The van der Waals surface area contributed by atoms with Gasteiger partial charge in [0, 0.05) is 12.6 Å². The Morgan fingerprint density at radius 1 is 1.13 bits per heavy atom. The fourth-order valence-corrected chi connectivity index (χ4v) is 3.01. The van der Waals surface area contributed by atoms with Crippen LogP contribution in [0, 0.1) is 6.92 Å². The molecule has 1 amide bonds. The number of hydrogen-bond acceptors (Lipinski definition) is 4. The van der Waals surface area contributed by atoms with Crippen molar-refractivity contribution in [2.24, 2.45) is 5.10 Å². The minimum Gasteiger partial charge on any atom is -0.283 e. The standard InChI is InChI=1S/C18H26N2O2S/c1-7-13-10-12(4)11-14(8-2)16(13)17(21)18(22)20(5)19-15(9-3)23-6/h10-11H,7-9H2,1-6H3. The van der Waals surface area contributed by atoms with Crippen LogP contribution in [0.25, 0.3) is 0 Å². The van der Waals surface area contributed by atoms with Crippen LogP contribution in [0.2, 0.25) is 0 Å². The first-order chi connectivity index (χ1) is 10.9. The number of amides is 1. The largest absolute Gasteiger partial charge is 0.314 e. The van der Waals surface area contributed by atoms with E-state index in [2.05, 4.69) is 5.10 Å². The van der Waals surface area contributed by atoms with Crippen LogP contribution >= 0.6 is 11.8 Å². The second-order valence-electron chi connectivity index (χ2n) is 5.37. The van der Waals surface area contributed by atoms with Gasteiger partial charge in [0.2, 0.25) is 0 Å². The fraction of sp³-hybridized carbons (Fsp3) is 0.500. The first kappa shape index (κ1) is 19.4. The number of hydrazone groups is 1. The topological polar surface area (TPSA) is 49.7 Å². The van der Waals surface area contributed by atoms with E-state index in [1.807, 2.05) is 46.1 Å². The summed E-state index contributed by atoms with van der Waals surface area (Å²) in [7, 11) is 1.54. The zero-order valence-corrected chi connectivity index (χ0v) is 15.7. The van der Waals surface area contributed by atoms with Crippen molar-refractivity contribution < 1.29 is 9.59 Å². The lowest BCUT2D eigenvalue weighted by atomic mass is 9.92. The molecule has 0 saturated heterocycles. The molecule has 0 unspecified atom stereocenters. The Balaban J connectivity index is 3.24. The van der Waals surface area contributed by atoms with Gasteiger partial charge in [0.15, 0.2) is 0 Å². The van der Waals surface area contributed by atoms with E-state index in [4.69, 9.17) is 0 Å². The van der Waals surface area contributed by atoms with Crippen molar-refractivity contribution in [3.8, 4) is 0 Å². The molecular weight excluding hydrogens is 308 g/mol. The number of nitrogens with zero attached hydrogens (tertiary/aromatic N) is 2. The zero-order chi connectivity index (χ0) is 17.6. The predicted octanol–water partition coefficient (Wildman–Crippen LogP) is 3.85. The van der Waals surface area contributed by atoms with Gasteiger partial charge in [0.25, 0.3) is 5.78 Å². The van der Waals surface area contributed by atoms with Gasteiger partial charge in [-0.1, -0.05) is 38.5 Å². The monoisotopic (exact) mass is 334 g/mol. The van der Waals surface area contributed by atoms with E-state index < -0.39 is 11.7 Å². The van der Waals surface area contributed by atoms with Crippen molar-refractivity contribution in [1.82, 2.24) is 5.01 Å². The molecule has 126 valence electrons. The van der Waals surface area contributed by atoms with Crippen LogP contribution < -0.4 is 0 Å². The summed E-state index contributed by atoms with van der Waals surface area (Å²) in [6, 6.07) is 3.98. The van der Waals surface area contributed by atoms with Gasteiger partial charge in [-0.15, -0.1) is 11.8 Å². The van der Waals surface area contributed by atoms with Crippen molar-refractivity contribution in [1.29, 1.82) is 0 Å². The Labute approximate surface area is 143 Å². The van der Waals surface area contributed by atoms with Gasteiger partial charge in [0.1, 0.15) is 0 Å². The molecule has 0 bridgehead atoms. The van der Waals surface area contributed by atoms with E-state index in [-0.39, 0.29) is 0 Å². The molecule has 0 fully saturated rings. The quantitative estimate of drug-likeness (QED) is 0.261. The maximum absolute atomic E-state index is 12.7. The average molecular weight is 334 g/mol. The molecule has 4 nitrogen and oxygen atoms in total. The number of Topliss-reactive ketones (excluding diaryl/α,β-unsaturated/α-hetero) is 1. The van der Waals surface area contributed by atoms with Crippen molar-refractivity contribution in [2.45, 2.75) is 47.0 Å². The number of benzene rings is 1. The number of hydrogen-bond donors (Lipinski definition) is 0. The molecule has 0 aliphatic carbocycles. The number of aryl methyl sites for hydroxylation is 3. The number of rotatable bonds is 6. The summed E-state index contributed by atoms with van der Waals surface area (Å²) in [6.45, 7) is 7.98. The van der Waals surface area contributed by atoms with Gasteiger partial charge in [-0.3, -0.25) is 9.59 Å². The number of carbonyl (C=O) groups excluding carboxylic acids is 2. The molecule has 0 spiro atoms. The molecular formula is C18H26N2O2S. The second kappa shape index (κ2) is 8.87. The molecule has 0 aromatic heterocycles. The molecule has 1 rings (SSSR count). The summed E-state index contributed by atoms with van der Waals surface area (Å²) in [5.74, 6) is -1.06. The van der Waals surface area contributed by atoms with Crippen LogP contribution in [0.1, 0.15) is 54.2 Å². The van der Waals surface area contributed by atoms with Crippen molar-refractivity contribution in [3.05, 3.63) is 34.4 Å². The summed E-state index contributed by atoms with van der Waals surface area (Å²) in [6.07, 6.45) is 4.09. The third-order valence-electron chi connectivity index (χ3n) is 3.72. The second-order valence-corrected chi connectivity index (χ2v) is 6.25. The Bertz CT molecular complexity index is 592. The van der Waals surface area contributed by atoms with Gasteiger partial charge in [-0.25, -0.2) is 5.01 Å². The van der Waals surface area contributed by atoms with E-state index >= 15 is 0 Å². The van der Waals surface area contributed by atoms with E-state index in [9.17, 15) is 9.59 Å². The van der Waals surface area contributed by atoms with Crippen molar-refractivity contribution in [2.75, 3.05) is 13.3 Å². The van der Waals surface area contributed by atoms with Crippen LogP contribution in [0.15, 0.2) is 17.2 Å². The summed E-state index contributed by atoms with van der Waals surface area (Å²) in [5, 5.41) is 6.22. The lowest BCUT2D eigenvalue weighted by molar-refractivity contribution is -0.125. The number of likely N-dealkylation sites (N-methyl/N-ethyl adjacent to an activating group) is 1. The number of carbonyl (C=O) groups is 2. The Kier molecular flexibility index (Phi) is 7.49. The highest BCUT2D eigenvalue weighted by Gasteiger charge is 2.25. The van der Waals surface area contributed by atoms with Crippen molar-refractivity contribution in [3.63, 3.8) is 0 Å². The molecule has 0 atom stereocenters. The highest BCUT2D eigenvalue weighted by Crippen LogP contribution is 2.21. The van der Waals surface area contributed by atoms with Gasteiger partial charge in [-0.05, 0) is 43.6 Å². The van der Waals surface area contributed by atoms with Gasteiger partial charge in [0.05, 0.1) is 5.04 Å². The first-order valence-electron chi connectivity index (χ1n) is 7.95. The van der Waals surface area contributed by atoms with Crippen molar-refractivity contribution >= 4 is 28.5 Å². The predicted molar refractivity (Wildman–Crippen MR) is 98.3 cm³/mol. The summed E-state index contributed by atoms with van der Waals surface area (Å²) in [4.78, 5) is 25.2. The molecule has 23 heavy (non-hydrogen) atoms.